The van der Waals surface area contributed by atoms with Gasteiger partial charge in [0.1, 0.15) is 5.69 Å². The van der Waals surface area contributed by atoms with Crippen molar-refractivity contribution < 1.29 is 4.52 Å². The van der Waals surface area contributed by atoms with Crippen LogP contribution in [-0.4, -0.2) is 20.3 Å². The molecular weight excluding hydrogens is 168 g/mol. The lowest BCUT2D eigenvalue weighted by molar-refractivity contribution is 0.429. The van der Waals surface area contributed by atoms with E-state index in [2.05, 4.69) is 20.3 Å². The van der Waals surface area contributed by atoms with Crippen molar-refractivity contribution in [2.45, 2.75) is 0 Å². The average Bonchev–Trinajstić information content (AvgIpc) is 2.55. The number of aromatic nitrogens is 4. The minimum Gasteiger partial charge on any atom is -0.331 e. The van der Waals surface area contributed by atoms with Crippen LogP contribution < -0.4 is 0 Å². The summed E-state index contributed by atoms with van der Waals surface area (Å²) < 4.78 is 4.74. The molecule has 1 N–H and O–H groups in total. The van der Waals surface area contributed by atoms with Gasteiger partial charge in [0.15, 0.2) is 0 Å². The first kappa shape index (κ1) is 6.36. The molecule has 2 aromatic rings. The van der Waals surface area contributed by atoms with Gasteiger partial charge in [0.25, 0.3) is 11.2 Å². The van der Waals surface area contributed by atoms with E-state index in [0.717, 1.165) is 0 Å². The van der Waals surface area contributed by atoms with Crippen LogP contribution in [0, 0.1) is 0 Å². The molecule has 0 fully saturated rings. The molecule has 2 heterocycles. The summed E-state index contributed by atoms with van der Waals surface area (Å²) in [6, 6.07) is 1.71. The van der Waals surface area contributed by atoms with E-state index >= 15 is 0 Å². The Morgan fingerprint density at radius 3 is 3.00 bits per heavy atom. The standard InChI is InChI=1S/C5H3ClN4O/c6-5-8-4(11-10-5)3-1-2-7-9-3/h1-2H,(H,7,9). The topological polar surface area (TPSA) is 67.6 Å². The Kier molecular flexibility index (Phi) is 1.36. The van der Waals surface area contributed by atoms with Gasteiger partial charge in [-0.05, 0) is 22.8 Å². The predicted molar refractivity (Wildman–Crippen MR) is 36.9 cm³/mol. The van der Waals surface area contributed by atoms with Crippen LogP contribution in [0.15, 0.2) is 16.8 Å². The molecule has 0 aliphatic heterocycles. The number of nitrogens with one attached hydrogen (secondary N) is 1. The quantitative estimate of drug-likeness (QED) is 0.696. The molecule has 6 heteroatoms. The maximum Gasteiger partial charge on any atom is 0.276 e. The van der Waals surface area contributed by atoms with E-state index in [9.17, 15) is 0 Å². The van der Waals surface area contributed by atoms with Gasteiger partial charge < -0.3 is 4.52 Å². The predicted octanol–water partition coefficient (Wildman–Crippen LogP) is 1.11. The zero-order chi connectivity index (χ0) is 7.68. The highest BCUT2D eigenvalue weighted by molar-refractivity contribution is 6.28. The van der Waals surface area contributed by atoms with Gasteiger partial charge in [0.2, 0.25) is 0 Å². The molecule has 0 spiro atoms. The van der Waals surface area contributed by atoms with Crippen molar-refractivity contribution in [2.24, 2.45) is 0 Å². The summed E-state index contributed by atoms with van der Waals surface area (Å²) in [5.41, 5.74) is 0.657. The van der Waals surface area contributed by atoms with Crippen molar-refractivity contribution in [1.82, 2.24) is 20.3 Å². The molecule has 0 aliphatic rings. The van der Waals surface area contributed by atoms with Crippen LogP contribution in [0.3, 0.4) is 0 Å². The SMILES string of the molecule is Clc1noc(-c2ccn[nH]2)n1. The molecule has 0 unspecified atom stereocenters. The third kappa shape index (κ3) is 1.10. The molecular formula is C5H3ClN4O. The number of hydrogen-bond acceptors (Lipinski definition) is 4. The molecule has 0 atom stereocenters. The van der Waals surface area contributed by atoms with Crippen LogP contribution in [-0.2, 0) is 0 Å². The summed E-state index contributed by atoms with van der Waals surface area (Å²) >= 11 is 5.43. The molecule has 56 valence electrons. The number of hydrogen-bond donors (Lipinski definition) is 1. The van der Waals surface area contributed by atoms with Gasteiger partial charge in [-0.15, -0.1) is 0 Å². The maximum absolute atomic E-state index is 5.43. The molecule has 0 saturated heterocycles. The molecule has 2 rings (SSSR count). The Bertz CT molecular complexity index is 341. The second-order valence-corrected chi connectivity index (χ2v) is 2.18. The Morgan fingerprint density at radius 1 is 1.55 bits per heavy atom. The van der Waals surface area contributed by atoms with E-state index in [1.165, 1.54) is 0 Å². The number of rotatable bonds is 1. The van der Waals surface area contributed by atoms with Gasteiger partial charge in [0, 0.05) is 6.20 Å². The normalized spacial score (nSPS) is 10.3. The van der Waals surface area contributed by atoms with Crippen LogP contribution in [0.25, 0.3) is 11.6 Å². The molecule has 5 nitrogen and oxygen atoms in total. The Hall–Kier alpha value is -1.36. The lowest BCUT2D eigenvalue weighted by Crippen LogP contribution is -1.75. The number of aromatic amines is 1. The molecule has 0 radical (unpaired) electrons. The van der Waals surface area contributed by atoms with Crippen molar-refractivity contribution in [1.29, 1.82) is 0 Å². The Morgan fingerprint density at radius 2 is 2.45 bits per heavy atom. The first-order valence-electron chi connectivity index (χ1n) is 2.85. The average molecular weight is 171 g/mol. The van der Waals surface area contributed by atoms with Crippen molar-refractivity contribution in [2.75, 3.05) is 0 Å². The van der Waals surface area contributed by atoms with Crippen LogP contribution in [0.2, 0.25) is 5.28 Å². The summed E-state index contributed by atoms with van der Waals surface area (Å²) in [6.45, 7) is 0. The molecule has 0 bridgehead atoms. The molecule has 0 amide bonds. The first-order chi connectivity index (χ1) is 5.36. The minimum atomic E-state index is 0.0922. The lowest BCUT2D eigenvalue weighted by Gasteiger charge is -1.81. The Balaban J connectivity index is 2.45. The van der Waals surface area contributed by atoms with Gasteiger partial charge in [0.05, 0.1) is 0 Å². The number of H-pyrrole nitrogens is 1. The molecule has 0 aromatic carbocycles. The monoisotopic (exact) mass is 170 g/mol. The first-order valence-corrected chi connectivity index (χ1v) is 3.23. The highest BCUT2D eigenvalue weighted by Gasteiger charge is 2.06. The van der Waals surface area contributed by atoms with Crippen molar-refractivity contribution in [3.05, 3.63) is 17.5 Å². The minimum absolute atomic E-state index is 0.0922. The highest BCUT2D eigenvalue weighted by Crippen LogP contribution is 2.14. The third-order valence-corrected chi connectivity index (χ3v) is 1.29. The number of nitrogens with zero attached hydrogens (tertiary/aromatic N) is 3. The number of halogens is 1. The van der Waals surface area contributed by atoms with Crippen molar-refractivity contribution >= 4 is 11.6 Å². The van der Waals surface area contributed by atoms with Crippen LogP contribution in [0.4, 0.5) is 0 Å². The summed E-state index contributed by atoms with van der Waals surface area (Å²) in [5, 5.41) is 9.87. The fourth-order valence-electron chi connectivity index (χ4n) is 0.690. The summed E-state index contributed by atoms with van der Waals surface area (Å²) in [7, 11) is 0. The summed E-state index contributed by atoms with van der Waals surface area (Å²) in [5.74, 6) is 0.340. The van der Waals surface area contributed by atoms with Crippen LogP contribution in [0.5, 0.6) is 0 Å². The molecule has 2 aromatic heterocycles. The van der Waals surface area contributed by atoms with Crippen molar-refractivity contribution in [3.63, 3.8) is 0 Å². The Labute approximate surface area is 66.4 Å². The van der Waals surface area contributed by atoms with E-state index in [4.69, 9.17) is 16.1 Å². The lowest BCUT2D eigenvalue weighted by atomic mass is 10.4. The summed E-state index contributed by atoms with van der Waals surface area (Å²) in [6.07, 6.45) is 1.59. The fourth-order valence-corrected chi connectivity index (χ4v) is 0.801. The van der Waals surface area contributed by atoms with E-state index in [1.807, 2.05) is 0 Å². The highest BCUT2D eigenvalue weighted by atomic mass is 35.5. The second-order valence-electron chi connectivity index (χ2n) is 1.84. The summed E-state index contributed by atoms with van der Waals surface area (Å²) in [4.78, 5) is 3.77. The molecule has 0 aliphatic carbocycles. The zero-order valence-electron chi connectivity index (χ0n) is 5.28. The fraction of sp³-hybridized carbons (Fsp3) is 0. The van der Waals surface area contributed by atoms with Gasteiger partial charge in [-0.2, -0.15) is 10.1 Å². The van der Waals surface area contributed by atoms with Crippen LogP contribution >= 0.6 is 11.6 Å². The molecule has 0 saturated carbocycles. The van der Waals surface area contributed by atoms with Crippen molar-refractivity contribution in [3.8, 4) is 11.6 Å². The van der Waals surface area contributed by atoms with Gasteiger partial charge >= 0.3 is 0 Å². The molecule has 11 heavy (non-hydrogen) atoms. The van der Waals surface area contributed by atoms with Gasteiger partial charge in [-0.25, -0.2) is 0 Å². The van der Waals surface area contributed by atoms with Crippen LogP contribution in [0.1, 0.15) is 0 Å². The van der Waals surface area contributed by atoms with E-state index in [-0.39, 0.29) is 5.28 Å². The zero-order valence-corrected chi connectivity index (χ0v) is 6.04. The van der Waals surface area contributed by atoms with E-state index < -0.39 is 0 Å². The second kappa shape index (κ2) is 2.35. The third-order valence-electron chi connectivity index (χ3n) is 1.13. The van der Waals surface area contributed by atoms with E-state index in [1.54, 1.807) is 12.3 Å². The smallest absolute Gasteiger partial charge is 0.276 e. The van der Waals surface area contributed by atoms with Gasteiger partial charge in [-0.3, -0.25) is 5.10 Å². The largest absolute Gasteiger partial charge is 0.331 e. The van der Waals surface area contributed by atoms with Gasteiger partial charge in [-0.1, -0.05) is 0 Å². The van der Waals surface area contributed by atoms with E-state index in [0.29, 0.717) is 11.6 Å². The maximum atomic E-state index is 5.43.